The van der Waals surface area contributed by atoms with Gasteiger partial charge in [0.25, 0.3) is 0 Å². The van der Waals surface area contributed by atoms with Crippen LogP contribution in [0.2, 0.25) is 0 Å². The first-order valence-corrected chi connectivity index (χ1v) is 6.58. The van der Waals surface area contributed by atoms with Crippen molar-refractivity contribution in [3.63, 3.8) is 0 Å². The van der Waals surface area contributed by atoms with Gasteiger partial charge < -0.3 is 9.64 Å². The topological polar surface area (TPSA) is 29.5 Å². The number of halogens is 1. The molecule has 1 aliphatic heterocycles. The molecule has 92 valence electrons. The van der Waals surface area contributed by atoms with Crippen LogP contribution in [0.5, 0.6) is 0 Å². The van der Waals surface area contributed by atoms with Gasteiger partial charge in [-0.05, 0) is 31.0 Å². The third kappa shape index (κ3) is 3.00. The molecule has 0 aromatic heterocycles. The summed E-state index contributed by atoms with van der Waals surface area (Å²) in [6.07, 6.45) is 1.75. The highest BCUT2D eigenvalue weighted by atomic mass is 79.9. The lowest BCUT2D eigenvalue weighted by Crippen LogP contribution is -2.36. The Balaban J connectivity index is 1.97. The van der Waals surface area contributed by atoms with E-state index in [4.69, 9.17) is 4.74 Å². The van der Waals surface area contributed by atoms with Crippen LogP contribution in [0.4, 0.5) is 5.69 Å². The van der Waals surface area contributed by atoms with E-state index in [2.05, 4.69) is 33.0 Å². The minimum absolute atomic E-state index is 0.0705. The fraction of sp³-hybridized carbons (Fsp3) is 0.462. The van der Waals surface area contributed by atoms with Crippen LogP contribution in [-0.4, -0.2) is 26.2 Å². The lowest BCUT2D eigenvalue weighted by atomic mass is 9.96. The van der Waals surface area contributed by atoms with Crippen LogP contribution >= 0.6 is 15.9 Å². The summed E-state index contributed by atoms with van der Waals surface area (Å²) < 4.78 is 5.87. The van der Waals surface area contributed by atoms with Crippen molar-refractivity contribution in [2.24, 2.45) is 5.92 Å². The number of anilines is 1. The van der Waals surface area contributed by atoms with E-state index in [0.29, 0.717) is 0 Å². The van der Waals surface area contributed by atoms with E-state index in [1.807, 2.05) is 12.1 Å². The van der Waals surface area contributed by atoms with E-state index in [-0.39, 0.29) is 11.9 Å². The van der Waals surface area contributed by atoms with Crippen molar-refractivity contribution in [1.29, 1.82) is 0 Å². The van der Waals surface area contributed by atoms with Gasteiger partial charge in [-0.25, -0.2) is 0 Å². The first-order chi connectivity index (χ1) is 8.20. The van der Waals surface area contributed by atoms with Gasteiger partial charge in [0.1, 0.15) is 0 Å². The molecular formula is C13H16BrNO2. The summed E-state index contributed by atoms with van der Waals surface area (Å²) in [5.41, 5.74) is 1.21. The fourth-order valence-corrected chi connectivity index (χ4v) is 2.60. The Bertz CT molecular complexity index is 400. The van der Waals surface area contributed by atoms with Gasteiger partial charge in [0, 0.05) is 23.2 Å². The van der Waals surface area contributed by atoms with Crippen molar-refractivity contribution < 1.29 is 9.53 Å². The summed E-state index contributed by atoms with van der Waals surface area (Å²) >= 11 is 3.47. The number of esters is 1. The van der Waals surface area contributed by atoms with E-state index in [1.54, 1.807) is 0 Å². The van der Waals surface area contributed by atoms with Gasteiger partial charge in [0.15, 0.2) is 0 Å². The normalized spacial score (nSPS) is 16.9. The molecule has 2 rings (SSSR count). The second-order valence-corrected chi connectivity index (χ2v) is 5.18. The van der Waals surface area contributed by atoms with Crippen molar-refractivity contribution in [2.75, 3.05) is 25.1 Å². The van der Waals surface area contributed by atoms with Crippen molar-refractivity contribution in [3.05, 3.63) is 28.7 Å². The van der Waals surface area contributed by atoms with E-state index < -0.39 is 0 Å². The number of carbonyl (C=O) groups excluding carboxylic acids is 1. The van der Waals surface area contributed by atoms with E-state index in [1.165, 1.54) is 12.8 Å². The SMILES string of the molecule is COC(=O)C1CCN(c2cccc(Br)c2)CC1. The number of carbonyl (C=O) groups is 1. The smallest absolute Gasteiger partial charge is 0.308 e. The van der Waals surface area contributed by atoms with Crippen molar-refractivity contribution >= 4 is 27.6 Å². The minimum Gasteiger partial charge on any atom is -0.469 e. The van der Waals surface area contributed by atoms with Gasteiger partial charge in [-0.1, -0.05) is 22.0 Å². The maximum Gasteiger partial charge on any atom is 0.308 e. The van der Waals surface area contributed by atoms with Crippen molar-refractivity contribution in [2.45, 2.75) is 12.8 Å². The highest BCUT2D eigenvalue weighted by Gasteiger charge is 2.25. The van der Waals surface area contributed by atoms with E-state index >= 15 is 0 Å². The first-order valence-electron chi connectivity index (χ1n) is 5.79. The molecule has 1 aromatic rings. The van der Waals surface area contributed by atoms with Crippen LogP contribution in [0.25, 0.3) is 0 Å². The maximum absolute atomic E-state index is 11.4. The zero-order valence-corrected chi connectivity index (χ0v) is 11.4. The number of methoxy groups -OCH3 is 1. The van der Waals surface area contributed by atoms with E-state index in [0.717, 1.165) is 30.4 Å². The molecule has 0 saturated carbocycles. The summed E-state index contributed by atoms with van der Waals surface area (Å²) in [7, 11) is 1.46. The molecular weight excluding hydrogens is 282 g/mol. The Morgan fingerprint density at radius 3 is 2.71 bits per heavy atom. The van der Waals surface area contributed by atoms with Crippen LogP contribution in [0.15, 0.2) is 28.7 Å². The summed E-state index contributed by atoms with van der Waals surface area (Å²) in [5, 5.41) is 0. The highest BCUT2D eigenvalue weighted by Crippen LogP contribution is 2.25. The zero-order valence-electron chi connectivity index (χ0n) is 9.86. The second kappa shape index (κ2) is 5.54. The molecule has 0 spiro atoms. The van der Waals surface area contributed by atoms with Crippen molar-refractivity contribution in [3.8, 4) is 0 Å². The van der Waals surface area contributed by atoms with Crippen LogP contribution in [0, 0.1) is 5.92 Å². The van der Waals surface area contributed by atoms with Gasteiger partial charge in [0.2, 0.25) is 0 Å². The molecule has 3 nitrogen and oxygen atoms in total. The maximum atomic E-state index is 11.4. The lowest BCUT2D eigenvalue weighted by Gasteiger charge is -2.32. The molecule has 1 heterocycles. The van der Waals surface area contributed by atoms with Gasteiger partial charge in [-0.3, -0.25) is 4.79 Å². The van der Waals surface area contributed by atoms with Crippen LogP contribution in [-0.2, 0) is 9.53 Å². The van der Waals surface area contributed by atoms with Gasteiger partial charge in [-0.2, -0.15) is 0 Å². The minimum atomic E-state index is -0.0705. The predicted molar refractivity (Wildman–Crippen MR) is 71.1 cm³/mol. The number of benzene rings is 1. The molecule has 0 aliphatic carbocycles. The molecule has 4 heteroatoms. The average molecular weight is 298 g/mol. The predicted octanol–water partition coefficient (Wildman–Crippen LogP) is 2.84. The molecule has 0 amide bonds. The fourth-order valence-electron chi connectivity index (χ4n) is 2.21. The quantitative estimate of drug-likeness (QED) is 0.786. The number of hydrogen-bond donors (Lipinski definition) is 0. The molecule has 17 heavy (non-hydrogen) atoms. The number of piperidine rings is 1. The third-order valence-electron chi connectivity index (χ3n) is 3.20. The summed E-state index contributed by atoms with van der Waals surface area (Å²) in [5.74, 6) is 0.00213. The standard InChI is InChI=1S/C13H16BrNO2/c1-17-13(16)10-5-7-15(8-6-10)12-4-2-3-11(14)9-12/h2-4,9-10H,5-8H2,1H3. The lowest BCUT2D eigenvalue weighted by molar-refractivity contribution is -0.146. The number of hydrogen-bond acceptors (Lipinski definition) is 3. The van der Waals surface area contributed by atoms with Crippen LogP contribution in [0.1, 0.15) is 12.8 Å². The molecule has 0 atom stereocenters. The third-order valence-corrected chi connectivity index (χ3v) is 3.70. The number of nitrogens with zero attached hydrogens (tertiary/aromatic N) is 1. The molecule has 1 saturated heterocycles. The number of ether oxygens (including phenoxy) is 1. The molecule has 0 N–H and O–H groups in total. The molecule has 1 aromatic carbocycles. The molecule has 0 radical (unpaired) electrons. The van der Waals surface area contributed by atoms with Crippen LogP contribution < -0.4 is 4.90 Å². The largest absolute Gasteiger partial charge is 0.469 e. The molecule has 1 aliphatic rings. The van der Waals surface area contributed by atoms with E-state index in [9.17, 15) is 4.79 Å². The second-order valence-electron chi connectivity index (χ2n) is 4.26. The summed E-state index contributed by atoms with van der Waals surface area (Å²) in [6.45, 7) is 1.83. The Labute approximate surface area is 110 Å². The van der Waals surface area contributed by atoms with Gasteiger partial charge in [-0.15, -0.1) is 0 Å². The Morgan fingerprint density at radius 1 is 1.41 bits per heavy atom. The molecule has 1 fully saturated rings. The monoisotopic (exact) mass is 297 g/mol. The average Bonchev–Trinajstić information content (AvgIpc) is 2.38. The van der Waals surface area contributed by atoms with Crippen molar-refractivity contribution in [1.82, 2.24) is 0 Å². The molecule has 0 bridgehead atoms. The summed E-state index contributed by atoms with van der Waals surface area (Å²) in [6, 6.07) is 8.26. The Hall–Kier alpha value is -1.03. The summed E-state index contributed by atoms with van der Waals surface area (Å²) in [4.78, 5) is 13.7. The zero-order chi connectivity index (χ0) is 12.3. The van der Waals surface area contributed by atoms with Gasteiger partial charge >= 0.3 is 5.97 Å². The molecule has 0 unspecified atom stereocenters. The first kappa shape index (κ1) is 12.4. The highest BCUT2D eigenvalue weighted by molar-refractivity contribution is 9.10. The van der Waals surface area contributed by atoms with Gasteiger partial charge in [0.05, 0.1) is 13.0 Å². The number of rotatable bonds is 2. The van der Waals surface area contributed by atoms with Crippen LogP contribution in [0.3, 0.4) is 0 Å². The Kier molecular flexibility index (Phi) is 4.05. The Morgan fingerprint density at radius 2 is 2.12 bits per heavy atom.